The van der Waals surface area contributed by atoms with E-state index in [0.29, 0.717) is 0 Å². The van der Waals surface area contributed by atoms with Gasteiger partial charge in [-0.05, 0) is 6.92 Å². The third-order valence-corrected chi connectivity index (χ3v) is 0.936. The lowest BCUT2D eigenvalue weighted by Gasteiger charge is -1.82. The number of hydrogen-bond donors (Lipinski definition) is 2. The number of hydrogen-bond acceptors (Lipinski definition) is 2. The molecule has 5 heteroatoms. The summed E-state index contributed by atoms with van der Waals surface area (Å²) in [6.45, 7) is 1.80. The number of aromatic amines is 1. The Morgan fingerprint density at radius 2 is 2.40 bits per heavy atom. The van der Waals surface area contributed by atoms with Crippen molar-refractivity contribution < 1.29 is 4.79 Å². The van der Waals surface area contributed by atoms with Crippen LogP contribution in [0.3, 0.4) is 0 Å². The molecule has 0 saturated carbocycles. The number of halogens is 1. The number of carbonyl (C=O) groups is 1. The van der Waals surface area contributed by atoms with E-state index in [1.807, 2.05) is 0 Å². The second kappa shape index (κ2) is 3.22. The van der Waals surface area contributed by atoms with Gasteiger partial charge in [0.05, 0.1) is 0 Å². The van der Waals surface area contributed by atoms with Crippen LogP contribution in [0.4, 0.5) is 0 Å². The van der Waals surface area contributed by atoms with Gasteiger partial charge in [0.2, 0.25) is 0 Å². The molecule has 56 valence electrons. The highest BCUT2D eigenvalue weighted by molar-refractivity contribution is 5.88. The molecule has 0 aliphatic rings. The Bertz CT molecular complexity index is 233. The number of aryl methyl sites for hydroxylation is 1. The van der Waals surface area contributed by atoms with Crippen LogP contribution in [-0.4, -0.2) is 15.9 Å². The van der Waals surface area contributed by atoms with Gasteiger partial charge >= 0.3 is 0 Å². The Hall–Kier alpha value is -1.03. The molecule has 1 heterocycles. The lowest BCUT2D eigenvalue weighted by Crippen LogP contribution is -2.12. The number of amides is 1. The van der Waals surface area contributed by atoms with Gasteiger partial charge in [-0.1, -0.05) is 0 Å². The van der Waals surface area contributed by atoms with Crippen LogP contribution in [0.1, 0.15) is 16.3 Å². The normalized spacial score (nSPS) is 8.50. The minimum absolute atomic E-state index is 0. The fourth-order valence-corrected chi connectivity index (χ4v) is 0.538. The van der Waals surface area contributed by atoms with Crippen molar-refractivity contribution in [1.29, 1.82) is 0 Å². The highest BCUT2D eigenvalue weighted by Crippen LogP contribution is 1.91. The van der Waals surface area contributed by atoms with Crippen molar-refractivity contribution in [2.45, 2.75) is 6.92 Å². The van der Waals surface area contributed by atoms with Crippen LogP contribution in [0.5, 0.6) is 0 Å². The summed E-state index contributed by atoms with van der Waals surface area (Å²) in [6, 6.07) is 0. The van der Waals surface area contributed by atoms with Crippen molar-refractivity contribution in [3.8, 4) is 0 Å². The first-order valence-corrected chi connectivity index (χ1v) is 2.51. The Balaban J connectivity index is 0.000000810. The monoisotopic (exact) mass is 161 g/mol. The molecule has 3 N–H and O–H groups in total. The fraction of sp³-hybridized carbons (Fsp3) is 0.200. The quantitative estimate of drug-likeness (QED) is 0.619. The van der Waals surface area contributed by atoms with Crippen molar-refractivity contribution in [2.24, 2.45) is 5.73 Å². The Kier molecular flexibility index (Phi) is 2.89. The number of nitrogens with one attached hydrogen (secondary N) is 1. The van der Waals surface area contributed by atoms with E-state index >= 15 is 0 Å². The second-order valence-corrected chi connectivity index (χ2v) is 1.78. The van der Waals surface area contributed by atoms with Gasteiger partial charge in [0.25, 0.3) is 5.91 Å². The molecule has 1 rings (SSSR count). The lowest BCUT2D eigenvalue weighted by molar-refractivity contribution is 0.0991. The molecule has 4 nitrogen and oxygen atoms in total. The summed E-state index contributed by atoms with van der Waals surface area (Å²) in [5.74, 6) is -0.310. The second-order valence-electron chi connectivity index (χ2n) is 1.78. The average molecular weight is 162 g/mol. The predicted molar refractivity (Wildman–Crippen MR) is 39.1 cm³/mol. The zero-order valence-electron chi connectivity index (χ0n) is 5.42. The SMILES string of the molecule is Cc1cnc(C(N)=O)[nH]1.Cl. The molecule has 10 heavy (non-hydrogen) atoms. The first kappa shape index (κ1) is 8.97. The highest BCUT2D eigenvalue weighted by atomic mass is 35.5. The summed E-state index contributed by atoms with van der Waals surface area (Å²) in [5, 5.41) is 0. The van der Waals surface area contributed by atoms with Gasteiger partial charge in [-0.15, -0.1) is 12.4 Å². The van der Waals surface area contributed by atoms with E-state index in [2.05, 4.69) is 9.97 Å². The number of imidazole rings is 1. The van der Waals surface area contributed by atoms with Gasteiger partial charge in [0.1, 0.15) is 0 Å². The zero-order chi connectivity index (χ0) is 6.85. The van der Waals surface area contributed by atoms with E-state index in [9.17, 15) is 4.79 Å². The molecule has 0 bridgehead atoms. The number of nitrogens with zero attached hydrogens (tertiary/aromatic N) is 1. The molecular weight excluding hydrogens is 154 g/mol. The molecule has 0 unspecified atom stereocenters. The van der Waals surface area contributed by atoms with Crippen molar-refractivity contribution in [3.05, 3.63) is 17.7 Å². The summed E-state index contributed by atoms with van der Waals surface area (Å²) in [6.07, 6.45) is 1.56. The van der Waals surface area contributed by atoms with E-state index in [-0.39, 0.29) is 18.2 Å². The van der Waals surface area contributed by atoms with E-state index < -0.39 is 5.91 Å². The maximum atomic E-state index is 10.3. The van der Waals surface area contributed by atoms with Crippen LogP contribution in [0.25, 0.3) is 0 Å². The standard InChI is InChI=1S/C5H7N3O.ClH/c1-3-2-7-5(8-3)4(6)9;/h2H,1H3,(H2,6,9)(H,7,8);1H. The lowest BCUT2D eigenvalue weighted by atomic mass is 10.6. The van der Waals surface area contributed by atoms with Crippen molar-refractivity contribution in [1.82, 2.24) is 9.97 Å². The van der Waals surface area contributed by atoms with E-state index in [4.69, 9.17) is 5.73 Å². The van der Waals surface area contributed by atoms with Gasteiger partial charge in [-0.25, -0.2) is 4.98 Å². The number of H-pyrrole nitrogens is 1. The van der Waals surface area contributed by atoms with Gasteiger partial charge in [-0.2, -0.15) is 0 Å². The summed E-state index contributed by atoms with van der Waals surface area (Å²) in [7, 11) is 0. The van der Waals surface area contributed by atoms with Crippen molar-refractivity contribution in [2.75, 3.05) is 0 Å². The first-order chi connectivity index (χ1) is 4.20. The van der Waals surface area contributed by atoms with Crippen LogP contribution in [0.15, 0.2) is 6.20 Å². The van der Waals surface area contributed by atoms with E-state index in [0.717, 1.165) is 5.69 Å². The predicted octanol–water partition coefficient (Wildman–Crippen LogP) is 0.239. The van der Waals surface area contributed by atoms with Crippen LogP contribution < -0.4 is 5.73 Å². The molecular formula is C5H8ClN3O. The number of aromatic nitrogens is 2. The Morgan fingerprint density at radius 3 is 2.60 bits per heavy atom. The number of primary amides is 1. The van der Waals surface area contributed by atoms with Crippen LogP contribution in [-0.2, 0) is 0 Å². The minimum atomic E-state index is -0.525. The zero-order valence-corrected chi connectivity index (χ0v) is 6.23. The summed E-state index contributed by atoms with van der Waals surface area (Å²) in [4.78, 5) is 16.7. The summed E-state index contributed by atoms with van der Waals surface area (Å²) < 4.78 is 0. The number of rotatable bonds is 1. The summed E-state index contributed by atoms with van der Waals surface area (Å²) >= 11 is 0. The fourth-order valence-electron chi connectivity index (χ4n) is 0.538. The minimum Gasteiger partial charge on any atom is -0.363 e. The molecule has 0 radical (unpaired) electrons. The molecule has 0 atom stereocenters. The van der Waals surface area contributed by atoms with Crippen molar-refractivity contribution in [3.63, 3.8) is 0 Å². The van der Waals surface area contributed by atoms with Gasteiger partial charge in [-0.3, -0.25) is 4.79 Å². The molecule has 0 aliphatic carbocycles. The molecule has 0 aliphatic heterocycles. The average Bonchev–Trinajstić information content (AvgIpc) is 2.14. The largest absolute Gasteiger partial charge is 0.363 e. The highest BCUT2D eigenvalue weighted by Gasteiger charge is 2.01. The third kappa shape index (κ3) is 1.73. The third-order valence-electron chi connectivity index (χ3n) is 0.936. The molecule has 1 aromatic rings. The van der Waals surface area contributed by atoms with Crippen LogP contribution in [0.2, 0.25) is 0 Å². The molecule has 0 saturated heterocycles. The van der Waals surface area contributed by atoms with Gasteiger partial charge < -0.3 is 10.7 Å². The smallest absolute Gasteiger partial charge is 0.284 e. The van der Waals surface area contributed by atoms with Crippen LogP contribution >= 0.6 is 12.4 Å². The molecule has 1 aromatic heterocycles. The first-order valence-electron chi connectivity index (χ1n) is 2.51. The number of nitrogens with two attached hydrogens (primary N) is 1. The topological polar surface area (TPSA) is 71.8 Å². The molecule has 0 fully saturated rings. The van der Waals surface area contributed by atoms with Crippen molar-refractivity contribution >= 4 is 18.3 Å². The maximum Gasteiger partial charge on any atom is 0.284 e. The molecule has 1 amide bonds. The Labute approximate surface area is 64.2 Å². The maximum absolute atomic E-state index is 10.3. The Morgan fingerprint density at radius 1 is 1.80 bits per heavy atom. The van der Waals surface area contributed by atoms with E-state index in [1.165, 1.54) is 0 Å². The van der Waals surface area contributed by atoms with Gasteiger partial charge in [0.15, 0.2) is 5.82 Å². The van der Waals surface area contributed by atoms with Crippen LogP contribution in [0, 0.1) is 6.92 Å². The van der Waals surface area contributed by atoms with Gasteiger partial charge in [0, 0.05) is 11.9 Å². The number of carbonyl (C=O) groups excluding carboxylic acids is 1. The summed E-state index contributed by atoms with van der Waals surface area (Å²) in [5.41, 5.74) is 5.73. The molecule has 0 aromatic carbocycles. The van der Waals surface area contributed by atoms with E-state index in [1.54, 1.807) is 13.1 Å². The molecule has 0 spiro atoms.